The molecule has 1 fully saturated rings. The third-order valence-corrected chi connectivity index (χ3v) is 1.81. The highest BCUT2D eigenvalue weighted by Crippen LogP contribution is 1.90. The van der Waals surface area contributed by atoms with Crippen LogP contribution in [0.15, 0.2) is 0 Å². The predicted molar refractivity (Wildman–Crippen MR) is 49.1 cm³/mol. The van der Waals surface area contributed by atoms with Gasteiger partial charge < -0.3 is 15.5 Å². The van der Waals surface area contributed by atoms with Crippen LogP contribution in [0.3, 0.4) is 0 Å². The van der Waals surface area contributed by atoms with Crippen LogP contribution in [0.1, 0.15) is 6.92 Å². The summed E-state index contributed by atoms with van der Waals surface area (Å²) in [6.45, 7) is 6.57. The molecule has 1 rings (SSSR count). The average Bonchev–Trinajstić information content (AvgIpc) is 2.17. The van der Waals surface area contributed by atoms with Crippen LogP contribution in [0.4, 0.5) is 0 Å². The van der Waals surface area contributed by atoms with Crippen molar-refractivity contribution >= 4 is 5.97 Å². The fraction of sp³-hybridized carbons (Fsp3) is 0.875. The maximum absolute atomic E-state index is 10.7. The van der Waals surface area contributed by atoms with Crippen LogP contribution >= 0.6 is 0 Å². The minimum atomic E-state index is -0.251. The van der Waals surface area contributed by atoms with Crippen molar-refractivity contribution < 1.29 is 9.63 Å². The second kappa shape index (κ2) is 5.90. The second-order valence-electron chi connectivity index (χ2n) is 3.01. The Kier molecular flexibility index (Phi) is 4.74. The van der Waals surface area contributed by atoms with Gasteiger partial charge in [0.2, 0.25) is 0 Å². The third kappa shape index (κ3) is 4.82. The molecule has 2 N–H and O–H groups in total. The lowest BCUT2D eigenvalue weighted by atomic mass is 10.5. The number of hydrogen-bond acceptors (Lipinski definition) is 5. The Hall–Kier alpha value is -0.650. The molecule has 0 radical (unpaired) electrons. The van der Waals surface area contributed by atoms with Crippen LogP contribution in [-0.2, 0) is 9.63 Å². The summed E-state index contributed by atoms with van der Waals surface area (Å²) in [4.78, 5) is 15.7. The molecular formula is C8H17N3O2. The Morgan fingerprint density at radius 3 is 2.15 bits per heavy atom. The number of nitrogens with zero attached hydrogens (tertiary/aromatic N) is 1. The molecule has 0 unspecified atom stereocenters. The Morgan fingerprint density at radius 1 is 1.15 bits per heavy atom. The van der Waals surface area contributed by atoms with E-state index in [2.05, 4.69) is 10.6 Å². The Labute approximate surface area is 78.4 Å². The number of hydroxylamine groups is 2. The van der Waals surface area contributed by atoms with Crippen LogP contribution in [0.5, 0.6) is 0 Å². The number of carbonyl (C=O) groups is 1. The highest BCUT2D eigenvalue weighted by Gasteiger charge is 2.08. The van der Waals surface area contributed by atoms with Gasteiger partial charge >= 0.3 is 5.97 Å². The van der Waals surface area contributed by atoms with Crippen LogP contribution in [-0.4, -0.2) is 50.3 Å². The molecule has 0 aromatic heterocycles. The first-order valence-corrected chi connectivity index (χ1v) is 4.64. The zero-order valence-corrected chi connectivity index (χ0v) is 8.01. The summed E-state index contributed by atoms with van der Waals surface area (Å²) in [6, 6.07) is 0. The van der Waals surface area contributed by atoms with Gasteiger partial charge in [0.1, 0.15) is 0 Å². The van der Waals surface area contributed by atoms with E-state index in [-0.39, 0.29) is 5.97 Å². The third-order valence-electron chi connectivity index (χ3n) is 1.81. The van der Waals surface area contributed by atoms with E-state index >= 15 is 0 Å². The molecule has 5 nitrogen and oxygen atoms in total. The topological polar surface area (TPSA) is 53.6 Å². The van der Waals surface area contributed by atoms with E-state index in [1.165, 1.54) is 6.92 Å². The smallest absolute Gasteiger partial charge is 0.322 e. The molecule has 1 saturated heterocycles. The molecule has 0 aromatic rings. The molecule has 1 heterocycles. The van der Waals surface area contributed by atoms with Crippen LogP contribution < -0.4 is 10.6 Å². The highest BCUT2D eigenvalue weighted by molar-refractivity contribution is 5.65. The number of rotatable bonds is 1. The Balaban J connectivity index is 2.27. The number of carbonyl (C=O) groups excluding carboxylic acids is 1. The molecule has 0 aliphatic carbocycles. The van der Waals surface area contributed by atoms with Gasteiger partial charge in [-0.1, -0.05) is 0 Å². The molecule has 0 saturated carbocycles. The number of nitrogens with one attached hydrogen (secondary N) is 2. The number of hydrogen-bond donors (Lipinski definition) is 2. The minimum Gasteiger partial charge on any atom is -0.368 e. The maximum Gasteiger partial charge on any atom is 0.322 e. The standard InChI is InChI=1S/C8H17N3O2/c1-8(12)13-11-6-4-9-2-3-10-5-7-11/h9-10H,2-7H2,1H3. The van der Waals surface area contributed by atoms with Crippen molar-refractivity contribution in [2.75, 3.05) is 39.3 Å². The van der Waals surface area contributed by atoms with Gasteiger partial charge in [0.15, 0.2) is 0 Å². The minimum absolute atomic E-state index is 0.251. The summed E-state index contributed by atoms with van der Waals surface area (Å²) < 4.78 is 0. The molecular weight excluding hydrogens is 170 g/mol. The van der Waals surface area contributed by atoms with Gasteiger partial charge in [-0.3, -0.25) is 4.79 Å². The lowest BCUT2D eigenvalue weighted by Gasteiger charge is -2.19. The van der Waals surface area contributed by atoms with Crippen molar-refractivity contribution in [1.82, 2.24) is 15.7 Å². The van der Waals surface area contributed by atoms with Crippen molar-refractivity contribution in [3.63, 3.8) is 0 Å². The molecule has 0 amide bonds. The van der Waals surface area contributed by atoms with E-state index in [9.17, 15) is 4.79 Å². The lowest BCUT2D eigenvalue weighted by molar-refractivity contribution is -0.186. The van der Waals surface area contributed by atoms with Crippen molar-refractivity contribution in [2.45, 2.75) is 6.92 Å². The van der Waals surface area contributed by atoms with Crippen LogP contribution in [0.2, 0.25) is 0 Å². The second-order valence-corrected chi connectivity index (χ2v) is 3.01. The summed E-state index contributed by atoms with van der Waals surface area (Å²) in [5.74, 6) is -0.251. The summed E-state index contributed by atoms with van der Waals surface area (Å²) in [6.07, 6.45) is 0. The SMILES string of the molecule is CC(=O)ON1CCNCCNCC1. The van der Waals surface area contributed by atoms with Crippen molar-refractivity contribution in [2.24, 2.45) is 0 Å². The summed E-state index contributed by atoms with van der Waals surface area (Å²) in [7, 11) is 0. The van der Waals surface area contributed by atoms with Gasteiger partial charge in [-0.15, -0.1) is 5.06 Å². The fourth-order valence-corrected chi connectivity index (χ4v) is 1.22. The maximum atomic E-state index is 10.7. The molecule has 0 bridgehead atoms. The monoisotopic (exact) mass is 187 g/mol. The van der Waals surface area contributed by atoms with Gasteiger partial charge in [-0.25, -0.2) is 0 Å². The zero-order valence-electron chi connectivity index (χ0n) is 8.01. The van der Waals surface area contributed by atoms with Gasteiger partial charge in [-0.2, -0.15) is 0 Å². The van der Waals surface area contributed by atoms with Crippen molar-refractivity contribution in [1.29, 1.82) is 0 Å². The predicted octanol–water partition coefficient (Wildman–Crippen LogP) is -1.04. The zero-order chi connectivity index (χ0) is 9.52. The molecule has 1 aliphatic heterocycles. The lowest BCUT2D eigenvalue weighted by Crippen LogP contribution is -2.35. The van der Waals surface area contributed by atoms with Gasteiger partial charge in [0, 0.05) is 46.2 Å². The Bertz CT molecular complexity index is 153. The first-order chi connectivity index (χ1) is 6.29. The van der Waals surface area contributed by atoms with E-state index < -0.39 is 0 Å². The van der Waals surface area contributed by atoms with Crippen molar-refractivity contribution in [3.05, 3.63) is 0 Å². The molecule has 5 heteroatoms. The normalized spacial score (nSPS) is 21.3. The molecule has 76 valence electrons. The molecule has 1 aliphatic rings. The molecule has 0 atom stereocenters. The fourth-order valence-electron chi connectivity index (χ4n) is 1.22. The molecule has 13 heavy (non-hydrogen) atoms. The molecule has 0 aromatic carbocycles. The quantitative estimate of drug-likeness (QED) is 0.549. The first-order valence-electron chi connectivity index (χ1n) is 4.64. The summed E-state index contributed by atoms with van der Waals surface area (Å²) in [5.41, 5.74) is 0. The molecule has 0 spiro atoms. The summed E-state index contributed by atoms with van der Waals surface area (Å²) in [5, 5.41) is 8.16. The van der Waals surface area contributed by atoms with E-state index in [1.54, 1.807) is 5.06 Å². The van der Waals surface area contributed by atoms with E-state index in [1.807, 2.05) is 0 Å². The van der Waals surface area contributed by atoms with Gasteiger partial charge in [0.25, 0.3) is 0 Å². The van der Waals surface area contributed by atoms with E-state index in [0.717, 1.165) is 39.3 Å². The summed E-state index contributed by atoms with van der Waals surface area (Å²) >= 11 is 0. The van der Waals surface area contributed by atoms with E-state index in [0.29, 0.717) is 0 Å². The highest BCUT2D eigenvalue weighted by atomic mass is 16.7. The van der Waals surface area contributed by atoms with Crippen molar-refractivity contribution in [3.8, 4) is 0 Å². The van der Waals surface area contributed by atoms with Crippen LogP contribution in [0, 0.1) is 0 Å². The largest absolute Gasteiger partial charge is 0.368 e. The first kappa shape index (κ1) is 10.4. The van der Waals surface area contributed by atoms with Crippen LogP contribution in [0.25, 0.3) is 0 Å². The van der Waals surface area contributed by atoms with E-state index in [4.69, 9.17) is 4.84 Å². The van der Waals surface area contributed by atoms with Gasteiger partial charge in [-0.05, 0) is 0 Å². The van der Waals surface area contributed by atoms with Gasteiger partial charge in [0.05, 0.1) is 0 Å². The Morgan fingerprint density at radius 2 is 1.69 bits per heavy atom. The average molecular weight is 187 g/mol.